The van der Waals surface area contributed by atoms with Crippen molar-refractivity contribution in [3.05, 3.63) is 37.1 Å². The van der Waals surface area contributed by atoms with Gasteiger partial charge in [0, 0.05) is 38.1 Å². The molecular weight excluding hydrogens is 456 g/mol. The minimum Gasteiger partial charge on any atom is -0.382 e. The van der Waals surface area contributed by atoms with Gasteiger partial charge in [0.2, 0.25) is 10.0 Å². The summed E-state index contributed by atoms with van der Waals surface area (Å²) >= 11 is 0. The molecular formula is C21H24N10O2S. The maximum absolute atomic E-state index is 12.6. The predicted octanol–water partition coefficient (Wildman–Crippen LogP) is 1.24. The van der Waals surface area contributed by atoms with Crippen LogP contribution in [0.2, 0.25) is 0 Å². The summed E-state index contributed by atoms with van der Waals surface area (Å²) in [6, 6.07) is 4.01. The fourth-order valence-corrected chi connectivity index (χ4v) is 5.64. The van der Waals surface area contributed by atoms with Gasteiger partial charge in [-0.1, -0.05) is 0 Å². The molecule has 176 valence electrons. The molecule has 0 bridgehead atoms. The van der Waals surface area contributed by atoms with Gasteiger partial charge in [-0.3, -0.25) is 9.36 Å². The van der Waals surface area contributed by atoms with Crippen LogP contribution in [0.25, 0.3) is 28.0 Å². The van der Waals surface area contributed by atoms with Gasteiger partial charge in [0.25, 0.3) is 0 Å². The largest absolute Gasteiger partial charge is 0.382 e. The molecule has 1 aliphatic rings. The first-order chi connectivity index (χ1) is 16.1. The molecule has 4 aromatic rings. The van der Waals surface area contributed by atoms with Crippen LogP contribution in [0.4, 0.5) is 5.82 Å². The summed E-state index contributed by atoms with van der Waals surface area (Å²) in [6.07, 6.45) is 8.90. The second kappa shape index (κ2) is 7.64. The second-order valence-electron chi connectivity index (χ2n) is 8.83. The number of aromatic nitrogens is 7. The molecule has 34 heavy (non-hydrogen) atoms. The standard InChI is InChI=1S/C21H24N10O2S/c1-14(2)34(32,33)29-12-21(13-29,5-6-22)31-10-16(20(23)27-31)19-18-4-7-24-30(18)11-17(26-19)15-8-25-28(3)9-15/h4,7-11,14H,5,12-13H2,1-3H3,(H2,23,27). The molecule has 0 spiro atoms. The number of rotatable bonds is 6. The summed E-state index contributed by atoms with van der Waals surface area (Å²) in [5.74, 6) is 0.237. The first kappa shape index (κ1) is 22.1. The van der Waals surface area contributed by atoms with Gasteiger partial charge >= 0.3 is 0 Å². The first-order valence-electron chi connectivity index (χ1n) is 10.7. The number of anilines is 1. The van der Waals surface area contributed by atoms with E-state index in [1.165, 1.54) is 4.31 Å². The van der Waals surface area contributed by atoms with E-state index in [1.54, 1.807) is 46.3 Å². The van der Waals surface area contributed by atoms with Crippen molar-refractivity contribution < 1.29 is 8.42 Å². The SMILES string of the molecule is CC(C)S(=O)(=O)N1CC(CC#N)(n2cc(-c3nc(-c4cnn(C)c4)cn4nccc34)c(N)n2)C1. The summed E-state index contributed by atoms with van der Waals surface area (Å²) in [5, 5.41) is 22.0. The zero-order valence-electron chi connectivity index (χ0n) is 19.0. The van der Waals surface area contributed by atoms with Crippen LogP contribution in [0.1, 0.15) is 20.3 Å². The Labute approximate surface area is 196 Å². The van der Waals surface area contributed by atoms with Crippen molar-refractivity contribution in [2.24, 2.45) is 7.05 Å². The molecule has 1 fully saturated rings. The first-order valence-corrected chi connectivity index (χ1v) is 12.2. The molecule has 13 heteroatoms. The fraction of sp³-hybridized carbons (Fsp3) is 0.381. The van der Waals surface area contributed by atoms with Gasteiger partial charge < -0.3 is 5.73 Å². The lowest BCUT2D eigenvalue weighted by Crippen LogP contribution is -2.65. The smallest absolute Gasteiger partial charge is 0.216 e. The molecule has 0 aromatic carbocycles. The summed E-state index contributed by atoms with van der Waals surface area (Å²) in [6.45, 7) is 3.60. The molecule has 1 saturated heterocycles. The van der Waals surface area contributed by atoms with Crippen molar-refractivity contribution >= 4 is 21.4 Å². The Bertz CT molecular complexity index is 1530. The molecule has 0 radical (unpaired) electrons. The Morgan fingerprint density at radius 2 is 2.00 bits per heavy atom. The van der Waals surface area contributed by atoms with E-state index >= 15 is 0 Å². The minimum absolute atomic E-state index is 0.100. The number of fused-ring (bicyclic) bond motifs is 1. The lowest BCUT2D eigenvalue weighted by molar-refractivity contribution is 0.0714. The van der Waals surface area contributed by atoms with E-state index in [2.05, 4.69) is 21.4 Å². The monoisotopic (exact) mass is 480 g/mol. The predicted molar refractivity (Wildman–Crippen MR) is 125 cm³/mol. The van der Waals surface area contributed by atoms with E-state index in [4.69, 9.17) is 10.7 Å². The highest BCUT2D eigenvalue weighted by Gasteiger charge is 2.51. The Hall–Kier alpha value is -3.76. The third-order valence-electron chi connectivity index (χ3n) is 6.18. The van der Waals surface area contributed by atoms with Crippen LogP contribution >= 0.6 is 0 Å². The maximum Gasteiger partial charge on any atom is 0.216 e. The highest BCUT2D eigenvalue weighted by molar-refractivity contribution is 7.89. The quantitative estimate of drug-likeness (QED) is 0.432. The Kier molecular flexibility index (Phi) is 4.96. The Morgan fingerprint density at radius 3 is 2.65 bits per heavy atom. The van der Waals surface area contributed by atoms with E-state index in [9.17, 15) is 13.7 Å². The summed E-state index contributed by atoms with van der Waals surface area (Å²) in [5.41, 5.74) is 8.93. The fourth-order valence-electron chi connectivity index (χ4n) is 4.20. The van der Waals surface area contributed by atoms with Gasteiger partial charge in [-0.2, -0.15) is 24.9 Å². The molecule has 2 N–H and O–H groups in total. The number of hydrogen-bond donors (Lipinski definition) is 1. The molecule has 0 aliphatic carbocycles. The number of nitrogens with zero attached hydrogens (tertiary/aromatic N) is 9. The molecule has 0 amide bonds. The van der Waals surface area contributed by atoms with Gasteiger partial charge in [0.15, 0.2) is 5.82 Å². The number of hydrogen-bond acceptors (Lipinski definition) is 8. The van der Waals surface area contributed by atoms with Crippen molar-refractivity contribution in [2.45, 2.75) is 31.1 Å². The van der Waals surface area contributed by atoms with Gasteiger partial charge in [-0.25, -0.2) is 17.9 Å². The van der Waals surface area contributed by atoms with Gasteiger partial charge in [-0.05, 0) is 19.9 Å². The molecule has 0 unspecified atom stereocenters. The molecule has 0 atom stereocenters. The molecule has 5 heterocycles. The lowest BCUT2D eigenvalue weighted by Gasteiger charge is -2.48. The Morgan fingerprint density at radius 1 is 1.24 bits per heavy atom. The third-order valence-corrected chi connectivity index (χ3v) is 8.35. The second-order valence-corrected chi connectivity index (χ2v) is 11.3. The minimum atomic E-state index is -3.43. The van der Waals surface area contributed by atoms with E-state index in [0.29, 0.717) is 17.0 Å². The number of sulfonamides is 1. The number of nitrogens with two attached hydrogens (primary N) is 1. The van der Waals surface area contributed by atoms with E-state index < -0.39 is 20.8 Å². The zero-order valence-corrected chi connectivity index (χ0v) is 19.8. The number of nitriles is 1. The van der Waals surface area contributed by atoms with Gasteiger partial charge in [0.05, 0.1) is 53.1 Å². The van der Waals surface area contributed by atoms with Crippen molar-refractivity contribution in [3.63, 3.8) is 0 Å². The zero-order chi connectivity index (χ0) is 24.3. The van der Waals surface area contributed by atoms with Crippen LogP contribution in [0.5, 0.6) is 0 Å². The number of aryl methyl sites for hydroxylation is 1. The summed E-state index contributed by atoms with van der Waals surface area (Å²) in [4.78, 5) is 4.83. The van der Waals surface area contributed by atoms with E-state index in [0.717, 1.165) is 11.1 Å². The highest BCUT2D eigenvalue weighted by Crippen LogP contribution is 2.38. The van der Waals surface area contributed by atoms with E-state index in [-0.39, 0.29) is 25.3 Å². The van der Waals surface area contributed by atoms with Crippen LogP contribution < -0.4 is 5.73 Å². The number of nitrogen functional groups attached to an aromatic ring is 1. The van der Waals surface area contributed by atoms with Crippen molar-refractivity contribution in [1.29, 1.82) is 5.26 Å². The third kappa shape index (κ3) is 3.34. The topological polar surface area (TPSA) is 153 Å². The average molecular weight is 481 g/mol. The van der Waals surface area contributed by atoms with Crippen molar-refractivity contribution in [1.82, 2.24) is 38.5 Å². The van der Waals surface area contributed by atoms with Gasteiger partial charge in [-0.15, -0.1) is 0 Å². The summed E-state index contributed by atoms with van der Waals surface area (Å²) in [7, 11) is -1.60. The molecule has 1 aliphatic heterocycles. The van der Waals surface area contributed by atoms with Gasteiger partial charge in [0.1, 0.15) is 11.2 Å². The van der Waals surface area contributed by atoms with Crippen LogP contribution in [0.3, 0.4) is 0 Å². The van der Waals surface area contributed by atoms with Crippen LogP contribution in [-0.2, 0) is 22.6 Å². The molecule has 5 rings (SSSR count). The molecule has 4 aromatic heterocycles. The van der Waals surface area contributed by atoms with Crippen molar-refractivity contribution in [2.75, 3.05) is 18.8 Å². The molecule has 12 nitrogen and oxygen atoms in total. The maximum atomic E-state index is 12.6. The highest BCUT2D eigenvalue weighted by atomic mass is 32.2. The summed E-state index contributed by atoms with van der Waals surface area (Å²) < 4.78 is 31.6. The lowest BCUT2D eigenvalue weighted by atomic mass is 9.89. The van der Waals surface area contributed by atoms with Crippen LogP contribution in [0.15, 0.2) is 37.1 Å². The van der Waals surface area contributed by atoms with Crippen LogP contribution in [-0.4, -0.2) is 65.2 Å². The average Bonchev–Trinajstić information content (AvgIpc) is 3.49. The Balaban J connectivity index is 1.58. The molecule has 0 saturated carbocycles. The van der Waals surface area contributed by atoms with E-state index in [1.807, 2.05) is 25.5 Å². The van der Waals surface area contributed by atoms with Crippen LogP contribution in [0, 0.1) is 11.3 Å². The van der Waals surface area contributed by atoms with Crippen molar-refractivity contribution in [3.8, 4) is 28.6 Å². The normalized spacial score (nSPS) is 16.1.